The van der Waals surface area contributed by atoms with Gasteiger partial charge in [-0.2, -0.15) is 5.26 Å². The largest absolute Gasteiger partial charge is 0.478 e. The molecule has 0 aliphatic carbocycles. The van der Waals surface area contributed by atoms with Crippen LogP contribution in [0.25, 0.3) is 11.6 Å². The molecular weight excluding hydrogens is 308 g/mol. The number of para-hydroxylation sites is 1. The van der Waals surface area contributed by atoms with Crippen LogP contribution < -0.4 is 0 Å². The van der Waals surface area contributed by atoms with E-state index in [4.69, 9.17) is 5.11 Å². The second-order valence-electron chi connectivity index (χ2n) is 4.75. The van der Waals surface area contributed by atoms with E-state index in [2.05, 4.69) is 0 Å². The van der Waals surface area contributed by atoms with E-state index in [1.54, 1.807) is 30.4 Å². The minimum Gasteiger partial charge on any atom is -0.478 e. The molecule has 0 fully saturated rings. The highest BCUT2D eigenvalue weighted by atomic mass is 16.6. The number of nitrogens with zero attached hydrogens (tertiary/aromatic N) is 2. The number of aromatic carboxylic acids is 1. The number of nitriles is 1. The molecule has 0 aliphatic heterocycles. The highest BCUT2D eigenvalue weighted by Crippen LogP contribution is 2.20. The number of nitro groups is 1. The zero-order chi connectivity index (χ0) is 17.5. The van der Waals surface area contributed by atoms with E-state index in [9.17, 15) is 20.2 Å². The van der Waals surface area contributed by atoms with Gasteiger partial charge in [0.2, 0.25) is 0 Å². The quantitative estimate of drug-likeness (QED) is 0.389. The molecule has 2 aromatic rings. The molecule has 118 valence electrons. The Morgan fingerprint density at radius 3 is 2.33 bits per heavy atom. The molecule has 0 aromatic heterocycles. The van der Waals surface area contributed by atoms with Gasteiger partial charge in [0.15, 0.2) is 0 Å². The number of nitro benzene ring substituents is 1. The van der Waals surface area contributed by atoms with Gasteiger partial charge in [-0.05, 0) is 35.9 Å². The van der Waals surface area contributed by atoms with Gasteiger partial charge in [-0.1, -0.05) is 30.3 Å². The van der Waals surface area contributed by atoms with Gasteiger partial charge in [0.1, 0.15) is 0 Å². The van der Waals surface area contributed by atoms with E-state index in [1.165, 1.54) is 36.4 Å². The molecule has 6 heteroatoms. The SMILES string of the molecule is N#C/C(=C/C=C/c1ccccc1[N+](=O)[O-])c1ccc(C(=O)O)cc1. The Hall–Kier alpha value is -3.72. The van der Waals surface area contributed by atoms with Crippen molar-refractivity contribution in [2.45, 2.75) is 0 Å². The van der Waals surface area contributed by atoms with Gasteiger partial charge in [0.25, 0.3) is 5.69 Å². The number of rotatable bonds is 5. The zero-order valence-electron chi connectivity index (χ0n) is 12.4. The summed E-state index contributed by atoms with van der Waals surface area (Å²) < 4.78 is 0. The first-order valence-electron chi connectivity index (χ1n) is 6.88. The molecule has 2 aromatic carbocycles. The highest BCUT2D eigenvalue weighted by Gasteiger charge is 2.09. The smallest absolute Gasteiger partial charge is 0.335 e. The lowest BCUT2D eigenvalue weighted by Gasteiger charge is -1.99. The molecule has 2 rings (SSSR count). The van der Waals surface area contributed by atoms with Gasteiger partial charge in [0, 0.05) is 6.07 Å². The van der Waals surface area contributed by atoms with E-state index in [0.717, 1.165) is 0 Å². The van der Waals surface area contributed by atoms with Gasteiger partial charge in [0.05, 0.1) is 27.7 Å². The Bertz CT molecular complexity index is 875. The molecule has 0 spiro atoms. The molecule has 0 heterocycles. The van der Waals surface area contributed by atoms with Crippen LogP contribution in [0.2, 0.25) is 0 Å². The molecule has 1 N–H and O–H groups in total. The highest BCUT2D eigenvalue weighted by molar-refractivity contribution is 5.88. The van der Waals surface area contributed by atoms with Gasteiger partial charge >= 0.3 is 5.97 Å². The maximum absolute atomic E-state index is 10.9. The molecule has 0 atom stereocenters. The van der Waals surface area contributed by atoms with Crippen LogP contribution in [0.1, 0.15) is 21.5 Å². The molecule has 0 bridgehead atoms. The molecule has 0 aliphatic rings. The number of carboxylic acid groups (broad SMARTS) is 1. The number of carbonyl (C=O) groups is 1. The first kappa shape index (κ1) is 16.6. The van der Waals surface area contributed by atoms with Gasteiger partial charge in [-0.3, -0.25) is 10.1 Å². The van der Waals surface area contributed by atoms with Crippen molar-refractivity contribution in [3.8, 4) is 6.07 Å². The van der Waals surface area contributed by atoms with Crippen molar-refractivity contribution in [2.75, 3.05) is 0 Å². The fourth-order valence-corrected chi connectivity index (χ4v) is 2.03. The van der Waals surface area contributed by atoms with Crippen LogP contribution in [0.5, 0.6) is 0 Å². The molecule has 24 heavy (non-hydrogen) atoms. The summed E-state index contributed by atoms with van der Waals surface area (Å²) in [6.07, 6.45) is 4.61. The third-order valence-electron chi connectivity index (χ3n) is 3.24. The summed E-state index contributed by atoms with van der Waals surface area (Å²) in [5.41, 5.74) is 1.42. The summed E-state index contributed by atoms with van der Waals surface area (Å²) >= 11 is 0. The van der Waals surface area contributed by atoms with E-state index in [0.29, 0.717) is 16.7 Å². The number of hydrogen-bond acceptors (Lipinski definition) is 4. The summed E-state index contributed by atoms with van der Waals surface area (Å²) in [7, 11) is 0. The fourth-order valence-electron chi connectivity index (χ4n) is 2.03. The summed E-state index contributed by atoms with van der Waals surface area (Å²) in [6.45, 7) is 0. The maximum Gasteiger partial charge on any atom is 0.335 e. The van der Waals surface area contributed by atoms with Crippen molar-refractivity contribution in [3.05, 3.63) is 87.5 Å². The maximum atomic E-state index is 10.9. The standard InChI is InChI=1S/C18H12N2O4/c19-12-16(13-8-10-15(11-9-13)18(21)22)6-3-5-14-4-1-2-7-17(14)20(23)24/h1-11H,(H,21,22)/b5-3+,16-6-. The van der Waals surface area contributed by atoms with Crippen LogP contribution in [-0.4, -0.2) is 16.0 Å². The molecule has 0 radical (unpaired) electrons. The van der Waals surface area contributed by atoms with E-state index in [1.807, 2.05) is 6.07 Å². The second-order valence-corrected chi connectivity index (χ2v) is 4.75. The third-order valence-corrected chi connectivity index (χ3v) is 3.24. The summed E-state index contributed by atoms with van der Waals surface area (Å²) in [5, 5.41) is 29.0. The summed E-state index contributed by atoms with van der Waals surface area (Å²) in [5.74, 6) is -1.04. The first-order chi connectivity index (χ1) is 11.5. The van der Waals surface area contributed by atoms with Crippen molar-refractivity contribution in [2.24, 2.45) is 0 Å². The molecule has 0 saturated carbocycles. The molecule has 0 saturated heterocycles. The van der Waals surface area contributed by atoms with Crippen LogP contribution in [0, 0.1) is 21.4 Å². The monoisotopic (exact) mass is 320 g/mol. The normalized spacial score (nSPS) is 11.2. The van der Waals surface area contributed by atoms with Crippen molar-refractivity contribution < 1.29 is 14.8 Å². The van der Waals surface area contributed by atoms with Crippen LogP contribution in [0.4, 0.5) is 5.69 Å². The Morgan fingerprint density at radius 2 is 1.75 bits per heavy atom. The van der Waals surface area contributed by atoms with Crippen LogP contribution in [0.15, 0.2) is 60.7 Å². The van der Waals surface area contributed by atoms with Crippen LogP contribution in [-0.2, 0) is 0 Å². The topological polar surface area (TPSA) is 104 Å². The Morgan fingerprint density at radius 1 is 1.12 bits per heavy atom. The van der Waals surface area contributed by atoms with Crippen LogP contribution in [0.3, 0.4) is 0 Å². The van der Waals surface area contributed by atoms with Crippen molar-refractivity contribution in [1.29, 1.82) is 5.26 Å². The van der Waals surface area contributed by atoms with Crippen LogP contribution >= 0.6 is 0 Å². The summed E-state index contributed by atoms with van der Waals surface area (Å²) in [4.78, 5) is 21.3. The molecular formula is C18H12N2O4. The van der Waals surface area contributed by atoms with Gasteiger partial charge < -0.3 is 5.11 Å². The Balaban J connectivity index is 2.27. The minimum absolute atomic E-state index is 0.0218. The Kier molecular flexibility index (Phi) is 5.21. The minimum atomic E-state index is -1.04. The lowest BCUT2D eigenvalue weighted by molar-refractivity contribution is -0.385. The average molecular weight is 320 g/mol. The lowest BCUT2D eigenvalue weighted by atomic mass is 10.0. The molecule has 6 nitrogen and oxygen atoms in total. The number of hydrogen-bond donors (Lipinski definition) is 1. The van der Waals surface area contributed by atoms with Crippen molar-refractivity contribution in [3.63, 3.8) is 0 Å². The van der Waals surface area contributed by atoms with Crippen molar-refractivity contribution >= 4 is 23.3 Å². The molecule has 0 amide bonds. The number of carboxylic acids is 1. The predicted octanol–water partition coefficient (Wildman–Crippen LogP) is 3.91. The van der Waals surface area contributed by atoms with Gasteiger partial charge in [-0.25, -0.2) is 4.79 Å². The predicted molar refractivity (Wildman–Crippen MR) is 89.1 cm³/mol. The first-order valence-corrected chi connectivity index (χ1v) is 6.88. The fraction of sp³-hybridized carbons (Fsp3) is 0. The third kappa shape index (κ3) is 3.93. The number of allylic oxidation sites excluding steroid dienone is 3. The zero-order valence-corrected chi connectivity index (χ0v) is 12.4. The summed E-state index contributed by atoms with van der Waals surface area (Å²) in [6, 6.07) is 14.2. The van der Waals surface area contributed by atoms with Gasteiger partial charge in [-0.15, -0.1) is 0 Å². The van der Waals surface area contributed by atoms with E-state index >= 15 is 0 Å². The Labute approximate surface area is 137 Å². The second kappa shape index (κ2) is 7.51. The number of benzene rings is 2. The van der Waals surface area contributed by atoms with E-state index in [-0.39, 0.29) is 11.3 Å². The van der Waals surface area contributed by atoms with Crippen molar-refractivity contribution in [1.82, 2.24) is 0 Å². The average Bonchev–Trinajstić information content (AvgIpc) is 2.59. The lowest BCUT2D eigenvalue weighted by Crippen LogP contribution is -1.95. The van der Waals surface area contributed by atoms with E-state index < -0.39 is 10.9 Å². The molecule has 0 unspecified atom stereocenters.